The maximum atomic E-state index is 12.6. The van der Waals surface area contributed by atoms with Crippen molar-refractivity contribution in [3.05, 3.63) is 29.8 Å². The molecule has 0 spiro atoms. The Hall–Kier alpha value is -2.57. The highest BCUT2D eigenvalue weighted by Crippen LogP contribution is 2.30. The van der Waals surface area contributed by atoms with Gasteiger partial charge in [0.15, 0.2) is 0 Å². The molecule has 1 saturated heterocycles. The highest BCUT2D eigenvalue weighted by atomic mass is 16.5. The minimum absolute atomic E-state index is 0.0108. The molecular weight excluding hydrogens is 288 g/mol. The van der Waals surface area contributed by atoms with Crippen LogP contribution < -0.4 is 10.1 Å². The van der Waals surface area contributed by atoms with Crippen molar-refractivity contribution in [3.8, 4) is 5.75 Å². The highest BCUT2D eigenvalue weighted by Gasteiger charge is 2.48. The Balaban J connectivity index is 2.19. The van der Waals surface area contributed by atoms with Crippen LogP contribution in [0.25, 0.3) is 0 Å². The zero-order valence-corrected chi connectivity index (χ0v) is 12.7. The summed E-state index contributed by atoms with van der Waals surface area (Å²) in [5, 5.41) is 2.67. The van der Waals surface area contributed by atoms with Crippen LogP contribution in [0, 0.1) is 0 Å². The van der Waals surface area contributed by atoms with E-state index < -0.39 is 23.4 Å². The number of rotatable bonds is 5. The lowest BCUT2D eigenvalue weighted by molar-refractivity contribution is -0.141. The number of urea groups is 1. The molecule has 0 saturated carbocycles. The minimum atomic E-state index is -1.15. The van der Waals surface area contributed by atoms with Gasteiger partial charge >= 0.3 is 12.0 Å². The second-order valence-electron chi connectivity index (χ2n) is 5.07. The van der Waals surface area contributed by atoms with Crippen LogP contribution in [0.1, 0.15) is 18.9 Å². The van der Waals surface area contributed by atoms with E-state index in [0.717, 1.165) is 4.90 Å². The molecule has 7 nitrogen and oxygen atoms in total. The van der Waals surface area contributed by atoms with E-state index in [4.69, 9.17) is 4.74 Å². The average Bonchev–Trinajstić information content (AvgIpc) is 2.75. The van der Waals surface area contributed by atoms with Crippen LogP contribution in [0.4, 0.5) is 4.79 Å². The van der Waals surface area contributed by atoms with E-state index in [1.165, 1.54) is 7.11 Å². The predicted molar refractivity (Wildman–Crippen MR) is 77.2 cm³/mol. The van der Waals surface area contributed by atoms with Gasteiger partial charge in [0.2, 0.25) is 0 Å². The summed E-state index contributed by atoms with van der Waals surface area (Å²) in [5.41, 5.74) is -0.508. The summed E-state index contributed by atoms with van der Waals surface area (Å²) in [5.74, 6) is -0.211. The molecule has 3 amide bonds. The second-order valence-corrected chi connectivity index (χ2v) is 5.07. The van der Waals surface area contributed by atoms with Crippen LogP contribution in [0.2, 0.25) is 0 Å². The van der Waals surface area contributed by atoms with Crippen molar-refractivity contribution in [2.75, 3.05) is 20.8 Å². The summed E-state index contributed by atoms with van der Waals surface area (Å²) in [6.45, 7) is 1.62. The standard InChI is InChI=1S/C15H18N2O5/c1-15(10-4-6-11(21-2)7-5-10)13(19)17(14(20)16-15)9-8-12(18)22-3/h4-7H,8-9H2,1-3H3,(H,16,20)/t15-/m1/s1. The van der Waals surface area contributed by atoms with Gasteiger partial charge in [0, 0.05) is 6.54 Å². The molecule has 1 aromatic rings. The SMILES string of the molecule is COC(=O)CCN1C(=O)N[C@](C)(c2ccc(OC)cc2)C1=O. The molecular formula is C15H18N2O5. The second kappa shape index (κ2) is 6.05. The maximum Gasteiger partial charge on any atom is 0.325 e. The van der Waals surface area contributed by atoms with Crippen LogP contribution in [0.15, 0.2) is 24.3 Å². The number of esters is 1. The molecule has 1 aromatic carbocycles. The Morgan fingerprint density at radius 1 is 1.23 bits per heavy atom. The van der Waals surface area contributed by atoms with Crippen molar-refractivity contribution in [1.82, 2.24) is 10.2 Å². The summed E-state index contributed by atoms with van der Waals surface area (Å²) in [6, 6.07) is 6.36. The van der Waals surface area contributed by atoms with Gasteiger partial charge in [-0.2, -0.15) is 0 Å². The maximum absolute atomic E-state index is 12.6. The van der Waals surface area contributed by atoms with Crippen molar-refractivity contribution in [3.63, 3.8) is 0 Å². The Kier molecular flexibility index (Phi) is 4.35. The topological polar surface area (TPSA) is 84.9 Å². The summed E-state index contributed by atoms with van der Waals surface area (Å²) >= 11 is 0. The molecule has 22 heavy (non-hydrogen) atoms. The van der Waals surface area contributed by atoms with Crippen molar-refractivity contribution in [1.29, 1.82) is 0 Å². The van der Waals surface area contributed by atoms with Gasteiger partial charge in [-0.25, -0.2) is 4.79 Å². The molecule has 1 aliphatic rings. The van der Waals surface area contributed by atoms with Gasteiger partial charge in [-0.05, 0) is 24.6 Å². The lowest BCUT2D eigenvalue weighted by Gasteiger charge is -2.22. The minimum Gasteiger partial charge on any atom is -0.497 e. The van der Waals surface area contributed by atoms with Gasteiger partial charge in [-0.1, -0.05) is 12.1 Å². The molecule has 0 aliphatic carbocycles. The Labute approximate surface area is 128 Å². The summed E-state index contributed by atoms with van der Waals surface area (Å²) < 4.78 is 9.60. The largest absolute Gasteiger partial charge is 0.497 e. The number of hydrogen-bond acceptors (Lipinski definition) is 5. The van der Waals surface area contributed by atoms with Crippen molar-refractivity contribution < 1.29 is 23.9 Å². The van der Waals surface area contributed by atoms with Crippen molar-refractivity contribution in [2.45, 2.75) is 18.9 Å². The molecule has 1 aliphatic heterocycles. The van der Waals surface area contributed by atoms with Crippen LogP contribution in [-0.2, 0) is 19.9 Å². The number of carbonyl (C=O) groups is 3. The summed E-state index contributed by atoms with van der Waals surface area (Å²) in [6.07, 6.45) is -0.0334. The monoisotopic (exact) mass is 306 g/mol. The Morgan fingerprint density at radius 3 is 2.41 bits per heavy atom. The molecule has 2 rings (SSSR count). The first-order valence-electron chi connectivity index (χ1n) is 6.78. The molecule has 118 valence electrons. The zero-order chi connectivity index (χ0) is 16.3. The lowest BCUT2D eigenvalue weighted by Crippen LogP contribution is -2.41. The van der Waals surface area contributed by atoms with E-state index in [0.29, 0.717) is 11.3 Å². The number of carbonyl (C=O) groups excluding carboxylic acids is 3. The van der Waals surface area contributed by atoms with E-state index in [2.05, 4.69) is 10.1 Å². The fraction of sp³-hybridized carbons (Fsp3) is 0.400. The molecule has 1 heterocycles. The van der Waals surface area contributed by atoms with E-state index in [1.54, 1.807) is 38.3 Å². The lowest BCUT2D eigenvalue weighted by atomic mass is 9.92. The number of nitrogens with zero attached hydrogens (tertiary/aromatic N) is 1. The molecule has 7 heteroatoms. The zero-order valence-electron chi connectivity index (χ0n) is 12.7. The van der Waals surface area contributed by atoms with Crippen molar-refractivity contribution in [2.24, 2.45) is 0 Å². The molecule has 0 radical (unpaired) electrons. The van der Waals surface area contributed by atoms with E-state index >= 15 is 0 Å². The van der Waals surface area contributed by atoms with Crippen LogP contribution in [0.5, 0.6) is 5.75 Å². The van der Waals surface area contributed by atoms with Crippen molar-refractivity contribution >= 4 is 17.9 Å². The molecule has 1 fully saturated rings. The molecule has 0 bridgehead atoms. The Bertz CT molecular complexity index is 598. The van der Waals surface area contributed by atoms with Gasteiger partial charge in [0.25, 0.3) is 5.91 Å². The molecule has 0 aromatic heterocycles. The molecule has 1 atom stereocenters. The first kappa shape index (κ1) is 15.8. The number of amides is 3. The predicted octanol–water partition coefficient (Wildman–Crippen LogP) is 1.03. The fourth-order valence-electron chi connectivity index (χ4n) is 2.33. The molecule has 0 unspecified atom stereocenters. The van der Waals surface area contributed by atoms with Gasteiger partial charge in [-0.3, -0.25) is 14.5 Å². The molecule has 1 N–H and O–H groups in total. The highest BCUT2D eigenvalue weighted by molar-refractivity contribution is 6.07. The quantitative estimate of drug-likeness (QED) is 0.648. The normalized spacial score (nSPS) is 20.8. The number of ether oxygens (including phenoxy) is 2. The number of methoxy groups -OCH3 is 2. The third-order valence-electron chi connectivity index (χ3n) is 3.71. The van der Waals surface area contributed by atoms with Gasteiger partial charge in [0.1, 0.15) is 11.3 Å². The van der Waals surface area contributed by atoms with E-state index in [9.17, 15) is 14.4 Å². The first-order valence-corrected chi connectivity index (χ1v) is 6.78. The van der Waals surface area contributed by atoms with Crippen LogP contribution >= 0.6 is 0 Å². The van der Waals surface area contributed by atoms with Crippen LogP contribution in [0.3, 0.4) is 0 Å². The van der Waals surface area contributed by atoms with Gasteiger partial charge < -0.3 is 14.8 Å². The van der Waals surface area contributed by atoms with Gasteiger partial charge in [0.05, 0.1) is 20.6 Å². The number of benzene rings is 1. The summed E-state index contributed by atoms with van der Waals surface area (Å²) in [4.78, 5) is 36.8. The average molecular weight is 306 g/mol. The number of imide groups is 1. The van der Waals surface area contributed by atoms with E-state index in [-0.39, 0.29) is 13.0 Å². The fourth-order valence-corrected chi connectivity index (χ4v) is 2.33. The third-order valence-corrected chi connectivity index (χ3v) is 3.71. The van der Waals surface area contributed by atoms with Crippen LogP contribution in [-0.4, -0.2) is 43.6 Å². The van der Waals surface area contributed by atoms with E-state index in [1.807, 2.05) is 0 Å². The number of hydrogen-bond donors (Lipinski definition) is 1. The van der Waals surface area contributed by atoms with Gasteiger partial charge in [-0.15, -0.1) is 0 Å². The Morgan fingerprint density at radius 2 is 1.86 bits per heavy atom. The smallest absolute Gasteiger partial charge is 0.325 e. The number of nitrogens with one attached hydrogen (secondary N) is 1. The third kappa shape index (κ3) is 2.74. The summed E-state index contributed by atoms with van der Waals surface area (Å²) in [7, 11) is 2.81. The first-order chi connectivity index (χ1) is 10.4.